The SMILES string of the molecule is CC1CC(C)N(C(=O)c2ncccc2/C=C/C(=O)O)C1. The van der Waals surface area contributed by atoms with Crippen LogP contribution in [0.25, 0.3) is 6.08 Å². The van der Waals surface area contributed by atoms with Crippen molar-refractivity contribution in [2.24, 2.45) is 5.92 Å². The monoisotopic (exact) mass is 274 g/mol. The molecule has 0 spiro atoms. The molecule has 5 nitrogen and oxygen atoms in total. The van der Waals surface area contributed by atoms with Gasteiger partial charge in [-0.1, -0.05) is 13.0 Å². The van der Waals surface area contributed by atoms with Crippen molar-refractivity contribution in [3.05, 3.63) is 35.7 Å². The largest absolute Gasteiger partial charge is 0.478 e. The van der Waals surface area contributed by atoms with Gasteiger partial charge in [-0.25, -0.2) is 4.79 Å². The third kappa shape index (κ3) is 3.04. The van der Waals surface area contributed by atoms with Gasteiger partial charge in [-0.3, -0.25) is 9.78 Å². The molecular formula is C15H18N2O3. The summed E-state index contributed by atoms with van der Waals surface area (Å²) in [5.41, 5.74) is 0.845. The lowest BCUT2D eigenvalue weighted by molar-refractivity contribution is -0.131. The first kappa shape index (κ1) is 14.2. The number of nitrogens with zero attached hydrogens (tertiary/aromatic N) is 2. The Kier molecular flexibility index (Phi) is 4.17. The zero-order valence-electron chi connectivity index (χ0n) is 11.6. The third-order valence-electron chi connectivity index (χ3n) is 3.49. The maximum absolute atomic E-state index is 12.6. The summed E-state index contributed by atoms with van der Waals surface area (Å²) in [5, 5.41) is 8.69. The Morgan fingerprint density at radius 3 is 2.80 bits per heavy atom. The van der Waals surface area contributed by atoms with E-state index in [1.165, 1.54) is 6.08 Å². The molecule has 1 aliphatic heterocycles. The fraction of sp³-hybridized carbons (Fsp3) is 0.400. The number of rotatable bonds is 3. The molecule has 106 valence electrons. The number of pyridine rings is 1. The van der Waals surface area contributed by atoms with Crippen molar-refractivity contribution in [1.82, 2.24) is 9.88 Å². The van der Waals surface area contributed by atoms with Crippen LogP contribution in [-0.2, 0) is 4.79 Å². The van der Waals surface area contributed by atoms with E-state index in [-0.39, 0.29) is 11.9 Å². The highest BCUT2D eigenvalue weighted by atomic mass is 16.4. The highest BCUT2D eigenvalue weighted by Crippen LogP contribution is 2.24. The molecule has 0 aliphatic carbocycles. The molecule has 0 aromatic carbocycles. The lowest BCUT2D eigenvalue weighted by Gasteiger charge is -2.21. The minimum atomic E-state index is -1.05. The van der Waals surface area contributed by atoms with Crippen LogP contribution in [0, 0.1) is 5.92 Å². The number of hydrogen-bond acceptors (Lipinski definition) is 3. The molecule has 1 amide bonds. The summed E-state index contributed by atoms with van der Waals surface area (Å²) in [5.74, 6) is -0.696. The Balaban J connectivity index is 2.28. The third-order valence-corrected chi connectivity index (χ3v) is 3.49. The second-order valence-corrected chi connectivity index (χ2v) is 5.26. The van der Waals surface area contributed by atoms with Crippen molar-refractivity contribution in [2.45, 2.75) is 26.3 Å². The number of amides is 1. The molecule has 1 fully saturated rings. The summed E-state index contributed by atoms with van der Waals surface area (Å²) in [7, 11) is 0. The number of aromatic nitrogens is 1. The van der Waals surface area contributed by atoms with Gasteiger partial charge < -0.3 is 10.0 Å². The number of likely N-dealkylation sites (tertiary alicyclic amines) is 1. The smallest absolute Gasteiger partial charge is 0.328 e. The van der Waals surface area contributed by atoms with Gasteiger partial charge in [0.05, 0.1) is 0 Å². The summed E-state index contributed by atoms with van der Waals surface area (Å²) in [6.45, 7) is 4.86. The molecular weight excluding hydrogens is 256 g/mol. The Hall–Kier alpha value is -2.17. The lowest BCUT2D eigenvalue weighted by atomic mass is 10.1. The van der Waals surface area contributed by atoms with Crippen LogP contribution < -0.4 is 0 Å². The summed E-state index contributed by atoms with van der Waals surface area (Å²) < 4.78 is 0. The molecule has 2 atom stereocenters. The van der Waals surface area contributed by atoms with E-state index in [0.29, 0.717) is 17.2 Å². The highest BCUT2D eigenvalue weighted by Gasteiger charge is 2.31. The van der Waals surface area contributed by atoms with E-state index in [9.17, 15) is 9.59 Å². The maximum atomic E-state index is 12.6. The van der Waals surface area contributed by atoms with E-state index in [4.69, 9.17) is 5.11 Å². The first-order valence-corrected chi connectivity index (χ1v) is 6.66. The number of carboxylic acid groups (broad SMARTS) is 1. The average molecular weight is 274 g/mol. The number of carbonyl (C=O) groups excluding carboxylic acids is 1. The van der Waals surface area contributed by atoms with Crippen molar-refractivity contribution < 1.29 is 14.7 Å². The van der Waals surface area contributed by atoms with Gasteiger partial charge in [0.1, 0.15) is 5.69 Å². The Morgan fingerprint density at radius 2 is 2.20 bits per heavy atom. The number of carbonyl (C=O) groups is 2. The molecule has 2 rings (SSSR count). The van der Waals surface area contributed by atoms with Crippen LogP contribution in [0.2, 0.25) is 0 Å². The molecule has 2 heterocycles. The van der Waals surface area contributed by atoms with Gasteiger partial charge in [-0.05, 0) is 31.4 Å². The molecule has 0 bridgehead atoms. The molecule has 1 N–H and O–H groups in total. The Labute approximate surface area is 117 Å². The summed E-state index contributed by atoms with van der Waals surface area (Å²) >= 11 is 0. The lowest BCUT2D eigenvalue weighted by Crippen LogP contribution is -2.34. The van der Waals surface area contributed by atoms with Crippen molar-refractivity contribution in [3.8, 4) is 0 Å². The van der Waals surface area contributed by atoms with E-state index >= 15 is 0 Å². The zero-order valence-corrected chi connectivity index (χ0v) is 11.6. The van der Waals surface area contributed by atoms with Gasteiger partial charge in [0.2, 0.25) is 0 Å². The molecule has 1 saturated heterocycles. The summed E-state index contributed by atoms with van der Waals surface area (Å²) in [6, 6.07) is 3.58. The molecule has 20 heavy (non-hydrogen) atoms. The molecule has 0 radical (unpaired) electrons. The number of hydrogen-bond donors (Lipinski definition) is 1. The first-order chi connectivity index (χ1) is 9.49. The second kappa shape index (κ2) is 5.86. The van der Waals surface area contributed by atoms with Crippen molar-refractivity contribution in [1.29, 1.82) is 0 Å². The Bertz CT molecular complexity index is 554. The van der Waals surface area contributed by atoms with Crippen LogP contribution in [0.15, 0.2) is 24.4 Å². The van der Waals surface area contributed by atoms with Crippen molar-refractivity contribution in [3.63, 3.8) is 0 Å². The van der Waals surface area contributed by atoms with Crippen LogP contribution in [-0.4, -0.2) is 39.5 Å². The van der Waals surface area contributed by atoms with E-state index in [1.54, 1.807) is 18.3 Å². The standard InChI is InChI=1S/C15H18N2O3/c1-10-8-11(2)17(9-10)15(20)14-12(4-3-7-16-14)5-6-13(18)19/h3-7,10-11H,8-9H2,1-2H3,(H,18,19)/b6-5+. The van der Waals surface area contributed by atoms with E-state index < -0.39 is 5.97 Å². The molecule has 1 aromatic heterocycles. The predicted molar refractivity (Wildman–Crippen MR) is 75.2 cm³/mol. The van der Waals surface area contributed by atoms with Crippen molar-refractivity contribution in [2.75, 3.05) is 6.54 Å². The average Bonchev–Trinajstić information content (AvgIpc) is 2.75. The van der Waals surface area contributed by atoms with Crippen LogP contribution in [0.5, 0.6) is 0 Å². The normalized spacial score (nSPS) is 22.4. The van der Waals surface area contributed by atoms with Crippen LogP contribution in [0.3, 0.4) is 0 Å². The highest BCUT2D eigenvalue weighted by molar-refractivity contribution is 5.97. The first-order valence-electron chi connectivity index (χ1n) is 6.66. The topological polar surface area (TPSA) is 70.5 Å². The van der Waals surface area contributed by atoms with Gasteiger partial charge in [-0.15, -0.1) is 0 Å². The summed E-state index contributed by atoms with van der Waals surface area (Å²) in [6.07, 6.45) is 4.96. The maximum Gasteiger partial charge on any atom is 0.328 e. The Morgan fingerprint density at radius 1 is 1.45 bits per heavy atom. The van der Waals surface area contributed by atoms with E-state index in [2.05, 4.69) is 11.9 Å². The van der Waals surface area contributed by atoms with Crippen LogP contribution in [0.4, 0.5) is 0 Å². The van der Waals surface area contributed by atoms with Gasteiger partial charge in [0.25, 0.3) is 5.91 Å². The minimum Gasteiger partial charge on any atom is -0.478 e. The molecule has 5 heteroatoms. The summed E-state index contributed by atoms with van der Waals surface area (Å²) in [4.78, 5) is 29.1. The van der Waals surface area contributed by atoms with Crippen LogP contribution in [0.1, 0.15) is 36.3 Å². The van der Waals surface area contributed by atoms with Crippen molar-refractivity contribution >= 4 is 18.0 Å². The van der Waals surface area contributed by atoms with E-state index in [1.807, 2.05) is 11.8 Å². The number of carboxylic acids is 1. The molecule has 1 aliphatic rings. The van der Waals surface area contributed by atoms with Crippen LogP contribution >= 0.6 is 0 Å². The van der Waals surface area contributed by atoms with Gasteiger partial charge in [0.15, 0.2) is 0 Å². The van der Waals surface area contributed by atoms with E-state index in [0.717, 1.165) is 19.0 Å². The van der Waals surface area contributed by atoms with Gasteiger partial charge in [-0.2, -0.15) is 0 Å². The van der Waals surface area contributed by atoms with Gasteiger partial charge in [0, 0.05) is 30.4 Å². The van der Waals surface area contributed by atoms with Gasteiger partial charge >= 0.3 is 5.97 Å². The number of aliphatic carboxylic acids is 1. The fourth-order valence-corrected chi connectivity index (χ4v) is 2.61. The minimum absolute atomic E-state index is 0.132. The molecule has 0 saturated carbocycles. The zero-order chi connectivity index (χ0) is 14.7. The fourth-order valence-electron chi connectivity index (χ4n) is 2.61. The predicted octanol–water partition coefficient (Wildman–Crippen LogP) is 2.05. The quantitative estimate of drug-likeness (QED) is 0.856. The molecule has 1 aromatic rings. The second-order valence-electron chi connectivity index (χ2n) is 5.26. The molecule has 2 unspecified atom stereocenters.